The van der Waals surface area contributed by atoms with E-state index in [2.05, 4.69) is 39.0 Å². The van der Waals surface area contributed by atoms with E-state index in [0.717, 1.165) is 11.3 Å². The Labute approximate surface area is 91.2 Å². The third kappa shape index (κ3) is 2.32. The molecule has 0 spiro atoms. The monoisotopic (exact) mass is 206 g/mol. The molecular formula is C13H18O2. The summed E-state index contributed by atoms with van der Waals surface area (Å²) in [5.41, 5.74) is 2.47. The molecule has 0 aromatic heterocycles. The van der Waals surface area contributed by atoms with E-state index in [9.17, 15) is 0 Å². The zero-order chi connectivity index (χ0) is 11.1. The second-order valence-corrected chi connectivity index (χ2v) is 4.70. The molecule has 0 amide bonds. The van der Waals surface area contributed by atoms with Crippen LogP contribution in [-0.2, 0) is 4.74 Å². The van der Waals surface area contributed by atoms with E-state index < -0.39 is 0 Å². The van der Waals surface area contributed by atoms with Crippen LogP contribution in [0.25, 0.3) is 0 Å². The van der Waals surface area contributed by atoms with Crippen molar-refractivity contribution in [3.05, 3.63) is 29.3 Å². The van der Waals surface area contributed by atoms with Crippen molar-refractivity contribution in [2.24, 2.45) is 0 Å². The van der Waals surface area contributed by atoms with Crippen molar-refractivity contribution in [1.29, 1.82) is 0 Å². The molecule has 0 radical (unpaired) electrons. The van der Waals surface area contributed by atoms with Crippen molar-refractivity contribution in [2.45, 2.75) is 39.4 Å². The highest BCUT2D eigenvalue weighted by Crippen LogP contribution is 2.33. The number of epoxide rings is 1. The van der Waals surface area contributed by atoms with Crippen molar-refractivity contribution in [2.75, 3.05) is 6.61 Å². The number of hydrogen-bond acceptors (Lipinski definition) is 2. The van der Waals surface area contributed by atoms with Gasteiger partial charge < -0.3 is 9.47 Å². The summed E-state index contributed by atoms with van der Waals surface area (Å²) in [6.45, 7) is 9.09. The normalized spacial score (nSPS) is 24.3. The summed E-state index contributed by atoms with van der Waals surface area (Å²) in [6, 6.07) is 6.38. The molecule has 15 heavy (non-hydrogen) atoms. The maximum Gasteiger partial charge on any atom is 0.231 e. The van der Waals surface area contributed by atoms with E-state index >= 15 is 0 Å². The Balaban J connectivity index is 2.24. The summed E-state index contributed by atoms with van der Waals surface area (Å²) in [6.07, 6.45) is 0. The predicted molar refractivity (Wildman–Crippen MR) is 60.3 cm³/mol. The van der Waals surface area contributed by atoms with Gasteiger partial charge in [-0.2, -0.15) is 0 Å². The minimum atomic E-state index is -0.375. The van der Waals surface area contributed by atoms with Crippen LogP contribution >= 0.6 is 0 Å². The van der Waals surface area contributed by atoms with Crippen LogP contribution in [0.3, 0.4) is 0 Å². The van der Waals surface area contributed by atoms with E-state index in [1.807, 2.05) is 6.92 Å². The molecule has 1 aromatic carbocycles. The minimum Gasteiger partial charge on any atom is -0.460 e. The van der Waals surface area contributed by atoms with Crippen molar-refractivity contribution < 1.29 is 9.47 Å². The van der Waals surface area contributed by atoms with Gasteiger partial charge in [0, 0.05) is 6.92 Å². The van der Waals surface area contributed by atoms with E-state index in [1.165, 1.54) is 5.56 Å². The third-order valence-corrected chi connectivity index (χ3v) is 2.76. The standard InChI is InChI=1S/C13H18O2/c1-9(2)11-6-5-10(3)12(7-11)15-13(4)8-14-13/h5-7,9H,8H2,1-4H3. The van der Waals surface area contributed by atoms with Crippen LogP contribution in [0, 0.1) is 6.92 Å². The van der Waals surface area contributed by atoms with Gasteiger partial charge in [-0.05, 0) is 30.0 Å². The Hall–Kier alpha value is -1.02. The zero-order valence-electron chi connectivity index (χ0n) is 9.83. The van der Waals surface area contributed by atoms with Crippen molar-refractivity contribution >= 4 is 0 Å². The number of benzene rings is 1. The highest BCUT2D eigenvalue weighted by molar-refractivity contribution is 5.38. The van der Waals surface area contributed by atoms with Crippen molar-refractivity contribution in [3.63, 3.8) is 0 Å². The van der Waals surface area contributed by atoms with Gasteiger partial charge in [0.1, 0.15) is 12.4 Å². The molecule has 0 N–H and O–H groups in total. The van der Waals surface area contributed by atoms with Crippen LogP contribution in [-0.4, -0.2) is 12.4 Å². The summed E-state index contributed by atoms with van der Waals surface area (Å²) < 4.78 is 11.0. The summed E-state index contributed by atoms with van der Waals surface area (Å²) >= 11 is 0. The van der Waals surface area contributed by atoms with Crippen LogP contribution in [0.2, 0.25) is 0 Å². The van der Waals surface area contributed by atoms with Crippen LogP contribution in [0.15, 0.2) is 18.2 Å². The van der Waals surface area contributed by atoms with Crippen molar-refractivity contribution in [3.8, 4) is 5.75 Å². The maximum atomic E-state index is 5.81. The molecule has 82 valence electrons. The molecule has 1 aliphatic heterocycles. The van der Waals surface area contributed by atoms with Crippen LogP contribution in [0.1, 0.15) is 37.8 Å². The molecule has 1 aliphatic rings. The molecule has 1 aromatic rings. The molecule has 2 heteroatoms. The van der Waals surface area contributed by atoms with Crippen molar-refractivity contribution in [1.82, 2.24) is 0 Å². The average molecular weight is 206 g/mol. The Morgan fingerprint density at radius 2 is 2.07 bits per heavy atom. The second-order valence-electron chi connectivity index (χ2n) is 4.70. The predicted octanol–water partition coefficient (Wildman–Crippen LogP) is 3.24. The van der Waals surface area contributed by atoms with Gasteiger partial charge in [0.25, 0.3) is 0 Å². The average Bonchev–Trinajstić information content (AvgIpc) is 2.87. The lowest BCUT2D eigenvalue weighted by atomic mass is 10.0. The van der Waals surface area contributed by atoms with E-state index in [-0.39, 0.29) is 5.79 Å². The molecule has 0 saturated carbocycles. The van der Waals surface area contributed by atoms with Crippen LogP contribution in [0.5, 0.6) is 5.75 Å². The Bertz CT molecular complexity index is 365. The molecule has 2 nitrogen and oxygen atoms in total. The molecule has 0 aliphatic carbocycles. The highest BCUT2D eigenvalue weighted by Gasteiger charge is 2.42. The van der Waals surface area contributed by atoms with E-state index in [1.54, 1.807) is 0 Å². The van der Waals surface area contributed by atoms with E-state index in [0.29, 0.717) is 12.5 Å². The molecule has 1 heterocycles. The number of hydrogen-bond donors (Lipinski definition) is 0. The van der Waals surface area contributed by atoms with E-state index in [4.69, 9.17) is 9.47 Å². The Morgan fingerprint density at radius 3 is 2.60 bits per heavy atom. The van der Waals surface area contributed by atoms with Gasteiger partial charge in [0.2, 0.25) is 5.79 Å². The largest absolute Gasteiger partial charge is 0.460 e. The number of ether oxygens (including phenoxy) is 2. The van der Waals surface area contributed by atoms with Gasteiger partial charge in [-0.25, -0.2) is 0 Å². The van der Waals surface area contributed by atoms with Gasteiger partial charge in [-0.1, -0.05) is 26.0 Å². The topological polar surface area (TPSA) is 21.8 Å². The van der Waals surface area contributed by atoms with Gasteiger partial charge >= 0.3 is 0 Å². The molecule has 1 atom stereocenters. The first-order chi connectivity index (χ1) is 7.00. The number of aryl methyl sites for hydroxylation is 1. The SMILES string of the molecule is Cc1ccc(C(C)C)cc1OC1(C)CO1. The summed E-state index contributed by atoms with van der Waals surface area (Å²) in [5, 5.41) is 0. The maximum absolute atomic E-state index is 5.81. The van der Waals surface area contributed by atoms with Gasteiger partial charge in [0.05, 0.1) is 0 Å². The fraction of sp³-hybridized carbons (Fsp3) is 0.538. The Morgan fingerprint density at radius 1 is 1.40 bits per heavy atom. The smallest absolute Gasteiger partial charge is 0.231 e. The molecule has 1 unspecified atom stereocenters. The minimum absolute atomic E-state index is 0.375. The summed E-state index contributed by atoms with van der Waals surface area (Å²) in [5.74, 6) is 1.10. The molecule has 2 rings (SSSR count). The lowest BCUT2D eigenvalue weighted by molar-refractivity contribution is 0.0794. The van der Waals surface area contributed by atoms with Crippen LogP contribution in [0.4, 0.5) is 0 Å². The lowest BCUT2D eigenvalue weighted by Crippen LogP contribution is -2.15. The second kappa shape index (κ2) is 3.53. The summed E-state index contributed by atoms with van der Waals surface area (Å²) in [4.78, 5) is 0. The zero-order valence-corrected chi connectivity index (χ0v) is 9.83. The van der Waals surface area contributed by atoms with Gasteiger partial charge in [-0.15, -0.1) is 0 Å². The van der Waals surface area contributed by atoms with Crippen LogP contribution < -0.4 is 4.74 Å². The fourth-order valence-electron chi connectivity index (χ4n) is 1.48. The first kappa shape index (κ1) is 10.5. The first-order valence-electron chi connectivity index (χ1n) is 5.44. The van der Waals surface area contributed by atoms with Gasteiger partial charge in [0.15, 0.2) is 0 Å². The molecule has 1 saturated heterocycles. The summed E-state index contributed by atoms with van der Waals surface area (Å²) in [7, 11) is 0. The quantitative estimate of drug-likeness (QED) is 0.708. The Kier molecular flexibility index (Phi) is 2.47. The third-order valence-electron chi connectivity index (χ3n) is 2.76. The number of rotatable bonds is 3. The first-order valence-corrected chi connectivity index (χ1v) is 5.44. The molecule has 1 fully saturated rings. The lowest BCUT2D eigenvalue weighted by Gasteiger charge is -2.14. The van der Waals surface area contributed by atoms with Gasteiger partial charge in [-0.3, -0.25) is 0 Å². The fourth-order valence-corrected chi connectivity index (χ4v) is 1.48. The molecule has 0 bridgehead atoms. The molecular weight excluding hydrogens is 188 g/mol. The highest BCUT2D eigenvalue weighted by atomic mass is 16.8.